The third-order valence-corrected chi connectivity index (χ3v) is 0. The van der Waals surface area contributed by atoms with E-state index in [1.165, 1.54) is 7.05 Å². The van der Waals surface area contributed by atoms with Crippen molar-refractivity contribution in [1.82, 2.24) is 0 Å². The molecule has 6 nitrogen and oxygen atoms in total. The summed E-state index contributed by atoms with van der Waals surface area (Å²) in [6.45, 7) is 0. The first-order chi connectivity index (χ1) is 3.41. The summed E-state index contributed by atoms with van der Waals surface area (Å²) >= 11 is 0. The Morgan fingerprint density at radius 1 is 1.38 bits per heavy atom. The van der Waals surface area contributed by atoms with Crippen LogP contribution in [0.25, 0.3) is 0 Å². The zero-order chi connectivity index (χ0) is 6.71. The molecule has 0 aliphatic rings. The molecule has 0 spiro atoms. The lowest BCUT2D eigenvalue weighted by Gasteiger charge is -1.27. The minimum atomic E-state index is 0. The van der Waals surface area contributed by atoms with Crippen LogP contribution >= 0.6 is 0 Å². The van der Waals surface area contributed by atoms with Gasteiger partial charge in [0.25, 0.3) is 0 Å². The zero-order valence-electron chi connectivity index (χ0n) is 4.57. The van der Waals surface area contributed by atoms with Crippen LogP contribution in [0, 0.1) is 14.8 Å². The van der Waals surface area contributed by atoms with Gasteiger partial charge in [0.2, 0.25) is 0 Å². The van der Waals surface area contributed by atoms with Crippen molar-refractivity contribution in [1.29, 1.82) is 0 Å². The Morgan fingerprint density at radius 3 is 1.38 bits per heavy atom. The summed E-state index contributed by atoms with van der Waals surface area (Å²) in [6.07, 6.45) is 0. The zero-order valence-corrected chi connectivity index (χ0v) is 3.57. The van der Waals surface area contributed by atoms with Gasteiger partial charge in [-0.05, 0) is 0 Å². The van der Waals surface area contributed by atoms with Crippen LogP contribution in [0.15, 0.2) is 5.18 Å². The van der Waals surface area contributed by atoms with Crippen LogP contribution in [0.5, 0.6) is 0 Å². The van der Waals surface area contributed by atoms with Gasteiger partial charge in [-0.15, -0.1) is 0 Å². The van der Waals surface area contributed by atoms with Crippen molar-refractivity contribution >= 4 is 0 Å². The molecule has 52 valence electrons. The Balaban J connectivity index is -0.00000000825. The van der Waals surface area contributed by atoms with Crippen molar-refractivity contribution in [3.05, 3.63) is 14.8 Å². The number of hydrogen-bond donors (Lipinski definition) is 2. The molecule has 0 atom stereocenters. The second-order valence-corrected chi connectivity index (χ2v) is 0.183. The van der Waals surface area contributed by atoms with Gasteiger partial charge in [0, 0.05) is 9.93 Å². The van der Waals surface area contributed by atoms with E-state index in [4.69, 9.17) is 25.4 Å². The molecular weight excluding hydrogens is 118 g/mol. The van der Waals surface area contributed by atoms with Gasteiger partial charge in [-0.1, -0.05) is 12.6 Å². The maximum absolute atomic E-state index is 8.56. The standard InChI is InChI=1S/CH3NO.CH4.H2O2.O2/c1-2-3;;2*1-2/h1H3;1H4;1-2H;/p+1. The lowest BCUT2D eigenvalue weighted by molar-refractivity contribution is -0.176. The van der Waals surface area contributed by atoms with Crippen LogP contribution in [-0.2, 0) is 0 Å². The Bertz CT molecular complexity index is 28.9. The molecule has 0 aromatic carbocycles. The molecule has 0 bridgehead atoms. The van der Waals surface area contributed by atoms with Gasteiger partial charge in [0.1, 0.15) is 0 Å². The summed E-state index contributed by atoms with van der Waals surface area (Å²) in [5.41, 5.74) is 0. The van der Waals surface area contributed by atoms with Crippen LogP contribution in [0.2, 0.25) is 0 Å². The third-order valence-electron chi connectivity index (χ3n) is 0. The van der Waals surface area contributed by atoms with Gasteiger partial charge in [-0.25, -0.2) is 0 Å². The lowest BCUT2D eigenvalue weighted by Crippen LogP contribution is -1.29. The van der Waals surface area contributed by atoms with Gasteiger partial charge in [-0.2, -0.15) is 4.91 Å². The first kappa shape index (κ1) is 27.4. The van der Waals surface area contributed by atoms with Gasteiger partial charge >= 0.3 is 1.43 Å². The monoisotopic (exact) mass is 128 g/mol. The molecule has 0 saturated heterocycles. The second-order valence-electron chi connectivity index (χ2n) is 0.183. The average Bonchev–Trinajstić information content (AvgIpc) is 1.78. The minimum absolute atomic E-state index is 0. The molecule has 0 saturated carbocycles. The van der Waals surface area contributed by atoms with E-state index in [2.05, 4.69) is 5.18 Å². The minimum Gasteiger partial charge on any atom is -0.255 e. The maximum Gasteiger partial charge on any atom is 1.00 e. The molecular formula is C2H10NO5+. The van der Waals surface area contributed by atoms with Crippen molar-refractivity contribution < 1.29 is 11.9 Å². The highest BCUT2D eigenvalue weighted by Gasteiger charge is 1.19. The molecule has 0 aliphatic carbocycles. The molecule has 0 fully saturated rings. The quantitative estimate of drug-likeness (QED) is 0.290. The summed E-state index contributed by atoms with van der Waals surface area (Å²) in [6, 6.07) is 0. The SMILES string of the molecule is C.CN=O.O=O.OO.[H+]. The van der Waals surface area contributed by atoms with E-state index in [9.17, 15) is 0 Å². The fraction of sp³-hybridized carbons (Fsp3) is 1.00. The van der Waals surface area contributed by atoms with E-state index in [1.807, 2.05) is 0 Å². The molecule has 0 amide bonds. The van der Waals surface area contributed by atoms with Gasteiger partial charge < -0.3 is 0 Å². The van der Waals surface area contributed by atoms with E-state index in [-0.39, 0.29) is 8.85 Å². The molecule has 2 N–H and O–H groups in total. The summed E-state index contributed by atoms with van der Waals surface area (Å²) in [4.78, 5) is 22.6. The third kappa shape index (κ3) is 112. The summed E-state index contributed by atoms with van der Waals surface area (Å²) in [5.74, 6) is 0. The van der Waals surface area contributed by atoms with E-state index >= 15 is 0 Å². The fourth-order valence-corrected chi connectivity index (χ4v) is 0. The first-order valence-electron chi connectivity index (χ1n) is 0.996. The van der Waals surface area contributed by atoms with Crippen molar-refractivity contribution in [2.45, 2.75) is 7.43 Å². The van der Waals surface area contributed by atoms with Crippen molar-refractivity contribution in [3.63, 3.8) is 0 Å². The summed E-state index contributed by atoms with van der Waals surface area (Å²) in [5, 5.41) is 14.2. The maximum atomic E-state index is 8.56. The highest BCUT2D eigenvalue weighted by Crippen LogP contribution is 1.27. The van der Waals surface area contributed by atoms with Crippen LogP contribution in [0.3, 0.4) is 0 Å². The number of rotatable bonds is 0. The normalized spacial score (nSPS) is 2.88. The molecule has 0 aliphatic heterocycles. The molecule has 0 rings (SSSR count). The topological polar surface area (TPSA) is 104 Å². The number of hydrogen-bond acceptors (Lipinski definition) is 6. The average molecular weight is 128 g/mol. The highest BCUT2D eigenvalue weighted by atomic mass is 17.0. The van der Waals surface area contributed by atoms with Crippen LogP contribution < -0.4 is 0 Å². The van der Waals surface area contributed by atoms with Crippen molar-refractivity contribution in [2.24, 2.45) is 5.18 Å². The molecule has 0 aromatic rings. The molecule has 0 unspecified atom stereocenters. The summed E-state index contributed by atoms with van der Waals surface area (Å²) in [7, 11) is 1.19. The number of nitrogens with zero attached hydrogens (tertiary/aromatic N) is 1. The van der Waals surface area contributed by atoms with Gasteiger partial charge in [-0.3, -0.25) is 10.5 Å². The van der Waals surface area contributed by atoms with Gasteiger partial charge in [0.15, 0.2) is 0 Å². The van der Waals surface area contributed by atoms with Crippen molar-refractivity contribution in [2.75, 3.05) is 7.05 Å². The van der Waals surface area contributed by atoms with E-state index in [0.29, 0.717) is 0 Å². The van der Waals surface area contributed by atoms with Crippen LogP contribution in [-0.4, -0.2) is 17.6 Å². The molecule has 0 aromatic heterocycles. The van der Waals surface area contributed by atoms with Crippen LogP contribution in [0.4, 0.5) is 0 Å². The molecule has 6 heteroatoms. The van der Waals surface area contributed by atoms with Crippen molar-refractivity contribution in [3.8, 4) is 0 Å². The Hall–Kier alpha value is -0.880. The number of nitroso groups, excluding NO2 is 1. The molecule has 0 radical (unpaired) electrons. The Morgan fingerprint density at radius 2 is 1.38 bits per heavy atom. The van der Waals surface area contributed by atoms with E-state index in [1.54, 1.807) is 0 Å². The second kappa shape index (κ2) is 11100. The van der Waals surface area contributed by atoms with E-state index in [0.717, 1.165) is 0 Å². The predicted octanol–water partition coefficient (Wildman–Crippen LogP) is 1.22. The lowest BCUT2D eigenvalue weighted by atomic mass is 11.6. The molecule has 0 heterocycles. The predicted molar refractivity (Wildman–Crippen MR) is 31.6 cm³/mol. The van der Waals surface area contributed by atoms with E-state index < -0.39 is 0 Å². The van der Waals surface area contributed by atoms with Gasteiger partial charge in [0.05, 0.1) is 7.05 Å². The Kier molecular flexibility index (Phi) is 38200. The largest absolute Gasteiger partial charge is 1.00 e. The fourth-order valence-electron chi connectivity index (χ4n) is 0. The van der Waals surface area contributed by atoms with Crippen LogP contribution in [0.1, 0.15) is 8.85 Å². The smallest absolute Gasteiger partial charge is 0.255 e. The molecule has 8 heavy (non-hydrogen) atoms. The Labute approximate surface area is 47.8 Å². The highest BCUT2D eigenvalue weighted by molar-refractivity contribution is 4.07. The summed E-state index contributed by atoms with van der Waals surface area (Å²) < 4.78 is 0. The first-order valence-corrected chi connectivity index (χ1v) is 0.996.